The van der Waals surface area contributed by atoms with Crippen LogP contribution in [0.1, 0.15) is 16.1 Å². The Hall–Kier alpha value is -4.10. The SMILES string of the molecule is Cc1c(C(=O)N2CCN(C(=O)Nc3ccccc3F)CC2)cc(-c2ccccc2)n1-c1ccccc1Cl. The van der Waals surface area contributed by atoms with E-state index in [1.54, 1.807) is 21.9 Å². The smallest absolute Gasteiger partial charge is 0.322 e. The highest BCUT2D eigenvalue weighted by molar-refractivity contribution is 6.32. The lowest BCUT2D eigenvalue weighted by atomic mass is 10.1. The molecule has 0 bridgehead atoms. The van der Waals surface area contributed by atoms with Crippen molar-refractivity contribution < 1.29 is 14.0 Å². The number of carbonyl (C=O) groups is 2. The Bertz CT molecular complexity index is 1450. The summed E-state index contributed by atoms with van der Waals surface area (Å²) in [5, 5.41) is 3.20. The van der Waals surface area contributed by atoms with Gasteiger partial charge in [-0.3, -0.25) is 4.79 Å². The van der Waals surface area contributed by atoms with Crippen molar-refractivity contribution in [2.24, 2.45) is 0 Å². The van der Waals surface area contributed by atoms with Crippen LogP contribution in [0.5, 0.6) is 0 Å². The van der Waals surface area contributed by atoms with Crippen LogP contribution in [-0.2, 0) is 0 Å². The van der Waals surface area contributed by atoms with Gasteiger partial charge in [-0.2, -0.15) is 0 Å². The Balaban J connectivity index is 1.37. The first kappa shape index (κ1) is 24.6. The molecule has 3 amide bonds. The molecule has 0 spiro atoms. The van der Waals surface area contributed by atoms with Crippen molar-refractivity contribution in [3.05, 3.63) is 107 Å². The zero-order valence-corrected chi connectivity index (χ0v) is 21.1. The second kappa shape index (κ2) is 10.5. The number of rotatable bonds is 4. The summed E-state index contributed by atoms with van der Waals surface area (Å²) in [6.07, 6.45) is 0. The maximum atomic E-state index is 13.9. The van der Waals surface area contributed by atoms with Gasteiger partial charge in [-0.05, 0) is 42.8 Å². The molecule has 0 radical (unpaired) electrons. The number of carbonyl (C=O) groups excluding carboxylic acids is 2. The van der Waals surface area contributed by atoms with E-state index in [9.17, 15) is 14.0 Å². The van der Waals surface area contributed by atoms with Gasteiger partial charge in [0, 0.05) is 31.9 Å². The van der Waals surface area contributed by atoms with Crippen LogP contribution in [-0.4, -0.2) is 52.5 Å². The largest absolute Gasteiger partial charge is 0.335 e. The fourth-order valence-corrected chi connectivity index (χ4v) is 4.85. The minimum absolute atomic E-state index is 0.102. The van der Waals surface area contributed by atoms with Crippen molar-refractivity contribution in [3.63, 3.8) is 0 Å². The Morgan fingerprint density at radius 3 is 2.16 bits per heavy atom. The number of urea groups is 1. The van der Waals surface area contributed by atoms with Gasteiger partial charge in [0.05, 0.1) is 27.7 Å². The third-order valence-corrected chi connectivity index (χ3v) is 6.93. The van der Waals surface area contributed by atoms with Crippen molar-refractivity contribution in [1.29, 1.82) is 0 Å². The van der Waals surface area contributed by atoms with Gasteiger partial charge < -0.3 is 19.7 Å². The van der Waals surface area contributed by atoms with Crippen molar-refractivity contribution >= 4 is 29.2 Å². The standard InChI is InChI=1S/C29H26ClFN4O2/c1-20-22(19-27(21-9-3-2-4-10-21)35(20)26-14-8-5-11-23(26)30)28(36)33-15-17-34(18-16-33)29(37)32-25-13-7-6-12-24(25)31/h2-14,19H,15-18H2,1H3,(H,32,37). The highest BCUT2D eigenvalue weighted by Gasteiger charge is 2.28. The van der Waals surface area contributed by atoms with Crippen molar-refractivity contribution in [2.45, 2.75) is 6.92 Å². The Kier molecular flexibility index (Phi) is 6.97. The summed E-state index contributed by atoms with van der Waals surface area (Å²) in [6.45, 7) is 3.37. The van der Waals surface area contributed by atoms with Crippen LogP contribution in [0.25, 0.3) is 16.9 Å². The van der Waals surface area contributed by atoms with E-state index < -0.39 is 5.82 Å². The van der Waals surface area contributed by atoms with E-state index in [4.69, 9.17) is 11.6 Å². The molecule has 1 saturated heterocycles. The first-order chi connectivity index (χ1) is 17.9. The van der Waals surface area contributed by atoms with Gasteiger partial charge in [-0.25, -0.2) is 9.18 Å². The number of halogens is 2. The van der Waals surface area contributed by atoms with Crippen LogP contribution in [0.15, 0.2) is 84.9 Å². The number of aromatic nitrogens is 1. The number of amides is 3. The van der Waals surface area contributed by atoms with E-state index in [2.05, 4.69) is 5.32 Å². The Morgan fingerprint density at radius 2 is 1.46 bits per heavy atom. The number of piperazine rings is 1. The van der Waals surface area contributed by atoms with Gasteiger partial charge in [0.2, 0.25) is 0 Å². The zero-order chi connectivity index (χ0) is 25.9. The molecule has 1 aliphatic rings. The summed E-state index contributed by atoms with van der Waals surface area (Å²) >= 11 is 6.56. The number of hydrogen-bond donors (Lipinski definition) is 1. The van der Waals surface area contributed by atoms with Crippen molar-refractivity contribution in [3.8, 4) is 16.9 Å². The fourth-order valence-electron chi connectivity index (χ4n) is 4.63. The summed E-state index contributed by atoms with van der Waals surface area (Å²) in [5.41, 5.74) is 4.15. The second-order valence-electron chi connectivity index (χ2n) is 8.87. The predicted octanol–water partition coefficient (Wildman–Crippen LogP) is 6.24. The van der Waals surface area contributed by atoms with Gasteiger partial charge in [0.15, 0.2) is 0 Å². The molecule has 6 nitrogen and oxygen atoms in total. The number of benzene rings is 3. The maximum Gasteiger partial charge on any atom is 0.322 e. The van der Waals surface area contributed by atoms with Gasteiger partial charge in [-0.15, -0.1) is 0 Å². The third kappa shape index (κ3) is 4.95. The van der Waals surface area contributed by atoms with Crippen molar-refractivity contribution in [1.82, 2.24) is 14.4 Å². The summed E-state index contributed by atoms with van der Waals surface area (Å²) in [5.74, 6) is -0.591. The van der Waals surface area contributed by atoms with Gasteiger partial charge in [-0.1, -0.05) is 66.2 Å². The molecule has 188 valence electrons. The fraction of sp³-hybridized carbons (Fsp3) is 0.172. The summed E-state index contributed by atoms with van der Waals surface area (Å²) in [7, 11) is 0. The van der Waals surface area contributed by atoms with Crippen molar-refractivity contribution in [2.75, 3.05) is 31.5 Å². The number of hydrogen-bond acceptors (Lipinski definition) is 2. The van der Waals surface area contributed by atoms with E-state index in [0.29, 0.717) is 36.8 Å². The van der Waals surface area contributed by atoms with Crippen LogP contribution in [0.4, 0.5) is 14.9 Å². The third-order valence-electron chi connectivity index (χ3n) is 6.61. The minimum Gasteiger partial charge on any atom is -0.335 e. The molecule has 8 heteroatoms. The van der Waals surface area contributed by atoms with Crippen LogP contribution in [0.2, 0.25) is 5.02 Å². The average Bonchev–Trinajstić information content (AvgIpc) is 3.27. The molecular formula is C29H26ClFN4O2. The summed E-state index contributed by atoms with van der Waals surface area (Å²) < 4.78 is 15.9. The molecule has 5 rings (SSSR count). The molecule has 1 fully saturated rings. The first-order valence-corrected chi connectivity index (χ1v) is 12.4. The molecular weight excluding hydrogens is 491 g/mol. The van der Waals surface area contributed by atoms with Crippen LogP contribution in [0.3, 0.4) is 0 Å². The highest BCUT2D eigenvalue weighted by atomic mass is 35.5. The number of anilines is 1. The number of para-hydroxylation sites is 2. The molecule has 4 aromatic rings. The topological polar surface area (TPSA) is 57.6 Å². The van der Waals surface area contributed by atoms with Gasteiger partial charge >= 0.3 is 6.03 Å². The lowest BCUT2D eigenvalue weighted by Gasteiger charge is -2.34. The Labute approximate surface area is 219 Å². The molecule has 2 heterocycles. The lowest BCUT2D eigenvalue weighted by molar-refractivity contribution is 0.0671. The molecule has 1 aromatic heterocycles. The maximum absolute atomic E-state index is 13.9. The number of nitrogens with zero attached hydrogens (tertiary/aromatic N) is 3. The highest BCUT2D eigenvalue weighted by Crippen LogP contribution is 2.33. The Morgan fingerprint density at radius 1 is 0.838 bits per heavy atom. The molecule has 3 aromatic carbocycles. The summed E-state index contributed by atoms with van der Waals surface area (Å²) in [6, 6.07) is 25.0. The average molecular weight is 517 g/mol. The predicted molar refractivity (Wildman–Crippen MR) is 144 cm³/mol. The van der Waals surface area contributed by atoms with Crippen LogP contribution < -0.4 is 5.32 Å². The molecule has 0 atom stereocenters. The van der Waals surface area contributed by atoms with E-state index in [-0.39, 0.29) is 17.6 Å². The minimum atomic E-state index is -0.489. The molecule has 1 N–H and O–H groups in total. The lowest BCUT2D eigenvalue weighted by Crippen LogP contribution is -2.51. The molecule has 1 aliphatic heterocycles. The summed E-state index contributed by atoms with van der Waals surface area (Å²) in [4.78, 5) is 29.6. The molecule has 0 unspecified atom stereocenters. The van der Waals surface area contributed by atoms with Gasteiger partial charge in [0.25, 0.3) is 5.91 Å². The second-order valence-corrected chi connectivity index (χ2v) is 9.28. The molecule has 0 aliphatic carbocycles. The van der Waals surface area contributed by atoms with E-state index in [0.717, 1.165) is 22.6 Å². The van der Waals surface area contributed by atoms with Gasteiger partial charge in [0.1, 0.15) is 5.82 Å². The van der Waals surface area contributed by atoms with E-state index in [1.165, 1.54) is 12.1 Å². The van der Waals surface area contributed by atoms with E-state index >= 15 is 0 Å². The first-order valence-electron chi connectivity index (χ1n) is 12.1. The monoisotopic (exact) mass is 516 g/mol. The molecule has 37 heavy (non-hydrogen) atoms. The normalized spacial score (nSPS) is 13.5. The quantitative estimate of drug-likeness (QED) is 0.349. The van der Waals surface area contributed by atoms with Crippen LogP contribution in [0, 0.1) is 12.7 Å². The zero-order valence-electron chi connectivity index (χ0n) is 20.3. The van der Waals surface area contributed by atoms with E-state index in [1.807, 2.05) is 72.2 Å². The molecule has 0 saturated carbocycles. The number of nitrogens with one attached hydrogen (secondary N) is 1. The van der Waals surface area contributed by atoms with Crippen LogP contribution >= 0.6 is 11.6 Å².